The molecule has 0 bridgehead atoms. The van der Waals surface area contributed by atoms with Crippen molar-refractivity contribution >= 4 is 92.9 Å². The van der Waals surface area contributed by atoms with Crippen molar-refractivity contribution in [3.8, 4) is 33.4 Å². The molecule has 13 aromatic rings. The van der Waals surface area contributed by atoms with Crippen LogP contribution in [0.25, 0.3) is 109 Å². The summed E-state index contributed by atoms with van der Waals surface area (Å²) < 4.78 is 6.84. The molecule has 14 rings (SSSR count). The van der Waals surface area contributed by atoms with Crippen LogP contribution in [-0.4, -0.2) is 0 Å². The van der Waals surface area contributed by atoms with Gasteiger partial charge in [-0.1, -0.05) is 196 Å². The highest BCUT2D eigenvalue weighted by Gasteiger charge is 2.36. The van der Waals surface area contributed by atoms with Crippen molar-refractivity contribution in [3.05, 3.63) is 236 Å². The average molecular weight is 854 g/mol. The molecule has 0 N–H and O–H groups in total. The molecule has 314 valence electrons. The van der Waals surface area contributed by atoms with Crippen LogP contribution in [0.2, 0.25) is 0 Å². The van der Waals surface area contributed by atoms with E-state index in [1.165, 1.54) is 81.7 Å². The first kappa shape index (κ1) is 37.9. The Hall–Kier alpha value is -8.46. The molecule has 0 spiro atoms. The molecule has 0 aliphatic heterocycles. The molecule has 0 saturated carbocycles. The molecule has 1 aliphatic carbocycles. The molecule has 0 radical (unpaired) electrons. The van der Waals surface area contributed by atoms with Crippen LogP contribution in [0.1, 0.15) is 25.0 Å². The quantitative estimate of drug-likeness (QED) is 0.160. The molecule has 0 saturated heterocycles. The van der Waals surface area contributed by atoms with Crippen LogP contribution in [0.3, 0.4) is 0 Å². The van der Waals surface area contributed by atoms with Gasteiger partial charge in [0.2, 0.25) is 0 Å². The molecule has 1 heterocycles. The first-order valence-corrected chi connectivity index (χ1v) is 23.3. The van der Waals surface area contributed by atoms with Crippen LogP contribution in [0.15, 0.2) is 229 Å². The fraction of sp³-hybridized carbons (Fsp3) is 0.0462. The molecule has 0 unspecified atom stereocenters. The van der Waals surface area contributed by atoms with E-state index in [1.807, 2.05) is 0 Å². The average Bonchev–Trinajstić information content (AvgIpc) is 3.87. The molecule has 67 heavy (non-hydrogen) atoms. The van der Waals surface area contributed by atoms with E-state index in [9.17, 15) is 0 Å². The topological polar surface area (TPSA) is 16.4 Å². The second-order valence-corrected chi connectivity index (χ2v) is 18.8. The third kappa shape index (κ3) is 5.57. The summed E-state index contributed by atoms with van der Waals surface area (Å²) >= 11 is 0. The number of anilines is 3. The molecule has 12 aromatic carbocycles. The first-order chi connectivity index (χ1) is 33.0. The van der Waals surface area contributed by atoms with Gasteiger partial charge < -0.3 is 9.32 Å². The lowest BCUT2D eigenvalue weighted by atomic mass is 9.82. The number of hydrogen-bond donors (Lipinski definition) is 0. The maximum Gasteiger partial charge on any atom is 0.136 e. The molecule has 2 heteroatoms. The van der Waals surface area contributed by atoms with Gasteiger partial charge in [-0.3, -0.25) is 0 Å². The van der Waals surface area contributed by atoms with Crippen molar-refractivity contribution in [2.24, 2.45) is 0 Å². The van der Waals surface area contributed by atoms with E-state index in [0.717, 1.165) is 55.7 Å². The normalized spacial score (nSPS) is 13.0. The first-order valence-electron chi connectivity index (χ1n) is 23.3. The Bertz CT molecular complexity index is 4160. The van der Waals surface area contributed by atoms with Crippen LogP contribution in [0.5, 0.6) is 0 Å². The highest BCUT2D eigenvalue weighted by Crippen LogP contribution is 2.55. The van der Waals surface area contributed by atoms with Gasteiger partial charge in [-0.25, -0.2) is 0 Å². The van der Waals surface area contributed by atoms with Crippen molar-refractivity contribution in [1.29, 1.82) is 0 Å². The minimum absolute atomic E-state index is 0.194. The largest absolute Gasteiger partial charge is 0.456 e. The van der Waals surface area contributed by atoms with Gasteiger partial charge in [0.1, 0.15) is 11.2 Å². The Kier molecular flexibility index (Phi) is 8.06. The molecule has 1 aromatic heterocycles. The number of hydrogen-bond acceptors (Lipinski definition) is 2. The van der Waals surface area contributed by atoms with Crippen molar-refractivity contribution in [2.45, 2.75) is 19.3 Å². The zero-order valence-electron chi connectivity index (χ0n) is 37.2. The summed E-state index contributed by atoms with van der Waals surface area (Å²) in [5.41, 5.74) is 14.8. The van der Waals surface area contributed by atoms with E-state index in [2.05, 4.69) is 243 Å². The summed E-state index contributed by atoms with van der Waals surface area (Å²) in [6, 6.07) is 83.0. The predicted molar refractivity (Wildman–Crippen MR) is 284 cm³/mol. The lowest BCUT2D eigenvalue weighted by molar-refractivity contribution is 0.660. The molecule has 0 fully saturated rings. The number of furan rings is 1. The molecular weight excluding hydrogens is 811 g/mol. The predicted octanol–water partition coefficient (Wildman–Crippen LogP) is 18.5. The van der Waals surface area contributed by atoms with Crippen LogP contribution >= 0.6 is 0 Å². The van der Waals surface area contributed by atoms with Crippen LogP contribution in [0, 0.1) is 0 Å². The molecule has 2 nitrogen and oxygen atoms in total. The van der Waals surface area contributed by atoms with Crippen molar-refractivity contribution in [1.82, 2.24) is 0 Å². The standard InChI is InChI=1S/C65H43NO/c1-65(2)58-25-13-12-22-51(58)52-34-31-45(39-59(52)65)66(44-30-33-47-43(37-44)28-27-41-17-6-7-18-46(41)47)64-56(36-35-55-50-21-9-8-19-48(50)49-20-10-11-23-53(49)63(55)64)54-24-14-26-60-62(54)57-32-29-42(38-61(57)67-60)40-15-4-3-5-16-40/h3-39H,1-2H3. The summed E-state index contributed by atoms with van der Waals surface area (Å²) in [4.78, 5) is 2.57. The summed E-state index contributed by atoms with van der Waals surface area (Å²) in [6.07, 6.45) is 0. The van der Waals surface area contributed by atoms with Crippen molar-refractivity contribution in [3.63, 3.8) is 0 Å². The van der Waals surface area contributed by atoms with Gasteiger partial charge in [-0.15, -0.1) is 0 Å². The van der Waals surface area contributed by atoms with E-state index in [0.29, 0.717) is 0 Å². The Labute approximate surface area is 388 Å². The van der Waals surface area contributed by atoms with Crippen molar-refractivity contribution < 1.29 is 4.42 Å². The SMILES string of the molecule is CC1(C)c2ccccc2-c2ccc(N(c3ccc4c(ccc5ccccc54)c3)c3c(-c4cccc5oc6cc(-c7ccccc7)ccc6c45)ccc4c5ccccc5c5ccccc5c34)cc21. The lowest BCUT2D eigenvalue weighted by Crippen LogP contribution is -2.17. The summed E-state index contributed by atoms with van der Waals surface area (Å²) in [5.74, 6) is 0. The van der Waals surface area contributed by atoms with Gasteiger partial charge in [0.15, 0.2) is 0 Å². The zero-order chi connectivity index (χ0) is 44.4. The molecule has 0 atom stereocenters. The monoisotopic (exact) mass is 853 g/mol. The summed E-state index contributed by atoms with van der Waals surface area (Å²) in [7, 11) is 0. The van der Waals surface area contributed by atoms with E-state index in [-0.39, 0.29) is 5.41 Å². The Morgan fingerprint density at radius 1 is 0.328 bits per heavy atom. The lowest BCUT2D eigenvalue weighted by Gasteiger charge is -2.32. The Balaban J connectivity index is 1.13. The second-order valence-electron chi connectivity index (χ2n) is 18.8. The number of nitrogens with zero attached hydrogens (tertiary/aromatic N) is 1. The summed E-state index contributed by atoms with van der Waals surface area (Å²) in [6.45, 7) is 4.76. The number of benzene rings is 12. The van der Waals surface area contributed by atoms with Gasteiger partial charge in [-0.05, 0) is 130 Å². The van der Waals surface area contributed by atoms with E-state index < -0.39 is 0 Å². The number of fused-ring (bicyclic) bond motifs is 15. The van der Waals surface area contributed by atoms with E-state index in [1.54, 1.807) is 0 Å². The highest BCUT2D eigenvalue weighted by atomic mass is 16.3. The van der Waals surface area contributed by atoms with Gasteiger partial charge in [0.05, 0.1) is 5.69 Å². The third-order valence-electron chi connectivity index (χ3n) is 14.8. The smallest absolute Gasteiger partial charge is 0.136 e. The van der Waals surface area contributed by atoms with Crippen LogP contribution in [-0.2, 0) is 5.41 Å². The van der Waals surface area contributed by atoms with E-state index >= 15 is 0 Å². The maximum atomic E-state index is 6.84. The minimum Gasteiger partial charge on any atom is -0.456 e. The van der Waals surface area contributed by atoms with Gasteiger partial charge >= 0.3 is 0 Å². The Morgan fingerprint density at radius 2 is 0.910 bits per heavy atom. The van der Waals surface area contributed by atoms with Gasteiger partial charge in [-0.2, -0.15) is 0 Å². The molecule has 0 amide bonds. The molecular formula is C65H43NO. The van der Waals surface area contributed by atoms with E-state index in [4.69, 9.17) is 4.42 Å². The summed E-state index contributed by atoms with van der Waals surface area (Å²) in [5, 5.41) is 14.5. The van der Waals surface area contributed by atoms with Crippen LogP contribution < -0.4 is 4.90 Å². The van der Waals surface area contributed by atoms with Crippen LogP contribution in [0.4, 0.5) is 17.1 Å². The zero-order valence-corrected chi connectivity index (χ0v) is 37.2. The van der Waals surface area contributed by atoms with Gasteiger partial charge in [0.25, 0.3) is 0 Å². The minimum atomic E-state index is -0.194. The molecule has 1 aliphatic rings. The maximum absolute atomic E-state index is 6.84. The number of rotatable bonds is 5. The highest BCUT2D eigenvalue weighted by molar-refractivity contribution is 6.31. The van der Waals surface area contributed by atoms with Crippen molar-refractivity contribution in [2.75, 3.05) is 4.90 Å². The fourth-order valence-corrected chi connectivity index (χ4v) is 11.7. The third-order valence-corrected chi connectivity index (χ3v) is 14.8. The second kappa shape index (κ2) is 14.3. The fourth-order valence-electron chi connectivity index (χ4n) is 11.7. The van der Waals surface area contributed by atoms with Gasteiger partial charge in [0, 0.05) is 38.5 Å². The Morgan fingerprint density at radius 3 is 1.75 bits per heavy atom.